The fourth-order valence-electron chi connectivity index (χ4n) is 4.08. The normalized spacial score (nSPS) is 12.6. The SMILES string of the molecule is CCc1cc(-c2sncc2-c2ccc3c(c2)C=CC3)cc(CC)c1CC. The maximum Gasteiger partial charge on any atom is 0.0628 e. The highest BCUT2D eigenvalue weighted by Crippen LogP contribution is 2.38. The van der Waals surface area contributed by atoms with Gasteiger partial charge < -0.3 is 0 Å². The molecule has 1 nitrogen and oxygen atoms in total. The van der Waals surface area contributed by atoms with Gasteiger partial charge in [-0.15, -0.1) is 0 Å². The molecule has 1 aliphatic rings. The maximum absolute atomic E-state index is 4.55. The van der Waals surface area contributed by atoms with E-state index in [0.717, 1.165) is 25.7 Å². The maximum atomic E-state index is 4.55. The molecule has 0 saturated carbocycles. The second-order valence-electron chi connectivity index (χ2n) is 6.92. The highest BCUT2D eigenvalue weighted by atomic mass is 32.1. The number of fused-ring (bicyclic) bond motifs is 1. The highest BCUT2D eigenvalue weighted by Gasteiger charge is 2.16. The van der Waals surface area contributed by atoms with Crippen molar-refractivity contribution in [2.75, 3.05) is 0 Å². The summed E-state index contributed by atoms with van der Waals surface area (Å²) >= 11 is 1.61. The topological polar surface area (TPSA) is 12.9 Å². The summed E-state index contributed by atoms with van der Waals surface area (Å²) < 4.78 is 4.55. The molecule has 2 aromatic carbocycles. The average molecular weight is 360 g/mol. The van der Waals surface area contributed by atoms with Crippen LogP contribution in [0.2, 0.25) is 0 Å². The summed E-state index contributed by atoms with van der Waals surface area (Å²) in [5, 5.41) is 0. The molecule has 0 N–H and O–H groups in total. The molecule has 0 aliphatic heterocycles. The van der Waals surface area contributed by atoms with Gasteiger partial charge in [0.2, 0.25) is 0 Å². The van der Waals surface area contributed by atoms with E-state index in [1.165, 1.54) is 49.4 Å². The van der Waals surface area contributed by atoms with Crippen molar-refractivity contribution >= 4 is 17.6 Å². The largest absolute Gasteiger partial charge is 0.200 e. The van der Waals surface area contributed by atoms with Gasteiger partial charge in [0.25, 0.3) is 0 Å². The molecule has 0 bridgehead atoms. The van der Waals surface area contributed by atoms with Crippen molar-refractivity contribution in [2.45, 2.75) is 46.5 Å². The molecule has 0 saturated heterocycles. The zero-order valence-corrected chi connectivity index (χ0v) is 16.6. The molecule has 1 heterocycles. The van der Waals surface area contributed by atoms with Crippen LogP contribution < -0.4 is 0 Å². The van der Waals surface area contributed by atoms with Crippen LogP contribution in [-0.4, -0.2) is 4.37 Å². The number of hydrogen-bond acceptors (Lipinski definition) is 2. The number of aromatic nitrogens is 1. The smallest absolute Gasteiger partial charge is 0.0628 e. The minimum absolute atomic E-state index is 1.06. The third-order valence-corrected chi connectivity index (χ3v) is 6.32. The number of nitrogens with zero attached hydrogens (tertiary/aromatic N) is 1. The van der Waals surface area contributed by atoms with Crippen LogP contribution in [0.5, 0.6) is 0 Å². The Labute approximate surface area is 160 Å². The van der Waals surface area contributed by atoms with Gasteiger partial charge in [-0.2, -0.15) is 4.37 Å². The summed E-state index contributed by atoms with van der Waals surface area (Å²) in [5.41, 5.74) is 11.1. The van der Waals surface area contributed by atoms with Crippen molar-refractivity contribution in [3.05, 3.63) is 70.4 Å². The van der Waals surface area contributed by atoms with Crippen LogP contribution in [0.1, 0.15) is 48.6 Å². The third kappa shape index (κ3) is 2.93. The first-order valence-electron chi connectivity index (χ1n) is 9.64. The van der Waals surface area contributed by atoms with Crippen molar-refractivity contribution in [3.63, 3.8) is 0 Å². The van der Waals surface area contributed by atoms with Gasteiger partial charge in [-0.3, -0.25) is 0 Å². The van der Waals surface area contributed by atoms with E-state index in [1.807, 2.05) is 6.20 Å². The third-order valence-electron chi connectivity index (χ3n) is 5.47. The molecule has 0 radical (unpaired) electrons. The van der Waals surface area contributed by atoms with Crippen molar-refractivity contribution in [1.82, 2.24) is 4.37 Å². The van der Waals surface area contributed by atoms with E-state index in [1.54, 1.807) is 11.5 Å². The highest BCUT2D eigenvalue weighted by molar-refractivity contribution is 7.10. The average Bonchev–Trinajstić information content (AvgIpc) is 3.35. The van der Waals surface area contributed by atoms with Crippen LogP contribution in [0.4, 0.5) is 0 Å². The van der Waals surface area contributed by atoms with E-state index in [2.05, 4.69) is 67.6 Å². The zero-order chi connectivity index (χ0) is 18.1. The predicted octanol–water partition coefficient (Wildman–Crippen LogP) is 6.73. The molecule has 1 aromatic heterocycles. The minimum atomic E-state index is 1.06. The summed E-state index contributed by atoms with van der Waals surface area (Å²) in [6, 6.07) is 11.6. The number of allylic oxidation sites excluding steroid dienone is 1. The second kappa shape index (κ2) is 7.20. The lowest BCUT2D eigenvalue weighted by Crippen LogP contribution is -1.99. The summed E-state index contributed by atoms with van der Waals surface area (Å²) in [6.07, 6.45) is 10.8. The Bertz CT molecular complexity index is 953. The molecule has 0 fully saturated rings. The molecule has 0 atom stereocenters. The van der Waals surface area contributed by atoms with E-state index in [-0.39, 0.29) is 0 Å². The summed E-state index contributed by atoms with van der Waals surface area (Å²) in [6.45, 7) is 6.79. The summed E-state index contributed by atoms with van der Waals surface area (Å²) in [5.74, 6) is 0. The lowest BCUT2D eigenvalue weighted by Gasteiger charge is -2.15. The number of hydrogen-bond donors (Lipinski definition) is 0. The fourth-order valence-corrected chi connectivity index (χ4v) is 4.84. The molecule has 3 aromatic rings. The van der Waals surface area contributed by atoms with Crippen molar-refractivity contribution < 1.29 is 0 Å². The molecule has 26 heavy (non-hydrogen) atoms. The Hall–Kier alpha value is -2.19. The van der Waals surface area contributed by atoms with Gasteiger partial charge >= 0.3 is 0 Å². The second-order valence-corrected chi connectivity index (χ2v) is 7.72. The van der Waals surface area contributed by atoms with Gasteiger partial charge in [0.05, 0.1) is 4.88 Å². The Morgan fingerprint density at radius 1 is 0.923 bits per heavy atom. The van der Waals surface area contributed by atoms with Crippen molar-refractivity contribution in [1.29, 1.82) is 0 Å². The van der Waals surface area contributed by atoms with Crippen LogP contribution >= 0.6 is 11.5 Å². The molecule has 2 heteroatoms. The van der Waals surface area contributed by atoms with E-state index in [0.29, 0.717) is 0 Å². The minimum Gasteiger partial charge on any atom is -0.200 e. The molecule has 132 valence electrons. The van der Waals surface area contributed by atoms with Gasteiger partial charge in [-0.1, -0.05) is 45.1 Å². The molecular formula is C24H25NS. The van der Waals surface area contributed by atoms with E-state index < -0.39 is 0 Å². The number of rotatable bonds is 5. The Morgan fingerprint density at radius 3 is 2.38 bits per heavy atom. The summed E-state index contributed by atoms with van der Waals surface area (Å²) in [7, 11) is 0. The van der Waals surface area contributed by atoms with Crippen LogP contribution in [-0.2, 0) is 25.7 Å². The number of aryl methyl sites for hydroxylation is 2. The van der Waals surface area contributed by atoms with Crippen LogP contribution in [0.25, 0.3) is 27.6 Å². The Kier molecular flexibility index (Phi) is 4.78. The Balaban J connectivity index is 1.84. The van der Waals surface area contributed by atoms with Crippen LogP contribution in [0.15, 0.2) is 42.6 Å². The van der Waals surface area contributed by atoms with Gasteiger partial charge in [-0.05, 0) is 94.4 Å². The Morgan fingerprint density at radius 2 is 1.69 bits per heavy atom. The molecule has 1 aliphatic carbocycles. The fraction of sp³-hybridized carbons (Fsp3) is 0.292. The van der Waals surface area contributed by atoms with Crippen LogP contribution in [0, 0.1) is 0 Å². The molecule has 0 spiro atoms. The van der Waals surface area contributed by atoms with E-state index >= 15 is 0 Å². The summed E-state index contributed by atoms with van der Waals surface area (Å²) in [4.78, 5) is 1.29. The lowest BCUT2D eigenvalue weighted by molar-refractivity contribution is 0.983. The zero-order valence-electron chi connectivity index (χ0n) is 15.8. The quantitative estimate of drug-likeness (QED) is 0.492. The predicted molar refractivity (Wildman–Crippen MR) is 114 cm³/mol. The van der Waals surface area contributed by atoms with Crippen LogP contribution in [0.3, 0.4) is 0 Å². The van der Waals surface area contributed by atoms with E-state index in [9.17, 15) is 0 Å². The standard InChI is InChI=1S/C24H25NS/c1-4-16-12-21(13-17(5-2)22(16)6-3)24-23(15-25-26-24)20-11-10-18-8-7-9-19(18)14-20/h7,9-15H,4-6,8H2,1-3H3. The van der Waals surface area contributed by atoms with Gasteiger partial charge in [0.1, 0.15) is 0 Å². The first-order valence-corrected chi connectivity index (χ1v) is 10.4. The van der Waals surface area contributed by atoms with Crippen molar-refractivity contribution in [3.8, 4) is 21.6 Å². The van der Waals surface area contributed by atoms with Crippen molar-refractivity contribution in [2.24, 2.45) is 0 Å². The monoisotopic (exact) mass is 359 g/mol. The first-order chi connectivity index (χ1) is 12.7. The van der Waals surface area contributed by atoms with E-state index in [4.69, 9.17) is 0 Å². The number of benzene rings is 2. The molecule has 0 unspecified atom stereocenters. The lowest BCUT2D eigenvalue weighted by atomic mass is 9.91. The van der Waals surface area contributed by atoms with Gasteiger partial charge in [0.15, 0.2) is 0 Å². The van der Waals surface area contributed by atoms with Gasteiger partial charge in [0, 0.05) is 11.8 Å². The molecule has 4 rings (SSSR count). The first kappa shape index (κ1) is 17.2. The molecular weight excluding hydrogens is 334 g/mol. The van der Waals surface area contributed by atoms with Gasteiger partial charge in [-0.25, -0.2) is 0 Å². The molecule has 0 amide bonds.